The van der Waals surface area contributed by atoms with E-state index in [-0.39, 0.29) is 0 Å². The van der Waals surface area contributed by atoms with Crippen LogP contribution in [0, 0.1) is 6.92 Å². The van der Waals surface area contributed by atoms with Crippen molar-refractivity contribution < 1.29 is 4.42 Å². The smallest absolute Gasteiger partial charge is 0.139 e. The first kappa shape index (κ1) is 13.9. The average Bonchev–Trinajstić information content (AvgIpc) is 3.23. The molecule has 0 radical (unpaired) electrons. The van der Waals surface area contributed by atoms with Gasteiger partial charge >= 0.3 is 0 Å². The predicted octanol–water partition coefficient (Wildman–Crippen LogP) is 4.27. The maximum absolute atomic E-state index is 5.36. The van der Waals surface area contributed by atoms with E-state index in [1.54, 1.807) is 23.9 Å². The predicted molar refractivity (Wildman–Crippen MR) is 91.4 cm³/mol. The molecule has 0 atom stereocenters. The summed E-state index contributed by atoms with van der Waals surface area (Å²) in [5, 5.41) is 6.41. The van der Waals surface area contributed by atoms with Crippen molar-refractivity contribution in [2.24, 2.45) is 0 Å². The number of hydrogen-bond donors (Lipinski definition) is 1. The second kappa shape index (κ2) is 5.81. The molecular weight excluding hydrogens is 308 g/mol. The van der Waals surface area contributed by atoms with Gasteiger partial charge < -0.3 is 9.73 Å². The molecule has 0 fully saturated rings. The fraction of sp³-hybridized carbons (Fsp3) is 0.118. The van der Waals surface area contributed by atoms with Crippen LogP contribution in [0.25, 0.3) is 21.5 Å². The number of fused-ring (bicyclic) bond motifs is 1. The fourth-order valence-corrected chi connectivity index (χ4v) is 3.31. The normalized spacial score (nSPS) is 11.0. The second-order valence-corrected chi connectivity index (χ2v) is 6.06. The van der Waals surface area contributed by atoms with Crippen LogP contribution in [0.1, 0.15) is 11.3 Å². The third-order valence-electron chi connectivity index (χ3n) is 3.57. The Kier molecular flexibility index (Phi) is 3.51. The molecule has 0 spiro atoms. The monoisotopic (exact) mass is 322 g/mol. The van der Waals surface area contributed by atoms with Gasteiger partial charge in [-0.05, 0) is 30.7 Å². The van der Waals surface area contributed by atoms with E-state index in [4.69, 9.17) is 4.42 Å². The van der Waals surface area contributed by atoms with Crippen molar-refractivity contribution in [2.75, 3.05) is 5.32 Å². The van der Waals surface area contributed by atoms with E-state index in [1.807, 2.05) is 31.3 Å². The maximum Gasteiger partial charge on any atom is 0.139 e. The Hall–Kier alpha value is -2.73. The van der Waals surface area contributed by atoms with Crippen LogP contribution in [-0.4, -0.2) is 15.0 Å². The minimum Gasteiger partial charge on any atom is -0.467 e. The summed E-state index contributed by atoms with van der Waals surface area (Å²) in [5.41, 5.74) is 3.12. The van der Waals surface area contributed by atoms with Crippen LogP contribution in [0.4, 0.5) is 5.82 Å². The van der Waals surface area contributed by atoms with Gasteiger partial charge in [0.1, 0.15) is 22.7 Å². The summed E-state index contributed by atoms with van der Waals surface area (Å²) in [5.74, 6) is 1.66. The highest BCUT2D eigenvalue weighted by molar-refractivity contribution is 7.17. The summed E-state index contributed by atoms with van der Waals surface area (Å²) < 4.78 is 5.36. The number of rotatable bonds is 4. The highest BCUT2D eigenvalue weighted by Gasteiger charge is 2.14. The van der Waals surface area contributed by atoms with Crippen molar-refractivity contribution in [3.8, 4) is 11.3 Å². The molecule has 1 N–H and O–H groups in total. The van der Waals surface area contributed by atoms with Crippen LogP contribution in [0.15, 0.2) is 52.9 Å². The lowest BCUT2D eigenvalue weighted by Gasteiger charge is -2.07. The van der Waals surface area contributed by atoms with E-state index in [0.29, 0.717) is 6.54 Å². The van der Waals surface area contributed by atoms with Gasteiger partial charge in [-0.25, -0.2) is 9.97 Å². The van der Waals surface area contributed by atoms with Crippen molar-refractivity contribution >= 4 is 27.4 Å². The van der Waals surface area contributed by atoms with Gasteiger partial charge in [0.2, 0.25) is 0 Å². The first-order valence-corrected chi connectivity index (χ1v) is 8.11. The molecule has 5 nitrogen and oxygen atoms in total. The Morgan fingerprint density at radius 1 is 1.17 bits per heavy atom. The zero-order valence-corrected chi connectivity index (χ0v) is 13.3. The lowest BCUT2D eigenvalue weighted by atomic mass is 10.1. The van der Waals surface area contributed by atoms with E-state index in [0.717, 1.165) is 38.6 Å². The van der Waals surface area contributed by atoms with Crippen LogP contribution in [0.5, 0.6) is 0 Å². The van der Waals surface area contributed by atoms with Crippen LogP contribution in [0.3, 0.4) is 0 Å². The first-order chi connectivity index (χ1) is 11.3. The third kappa shape index (κ3) is 2.68. The topological polar surface area (TPSA) is 63.8 Å². The Morgan fingerprint density at radius 3 is 2.91 bits per heavy atom. The van der Waals surface area contributed by atoms with Gasteiger partial charge in [-0.2, -0.15) is 0 Å². The van der Waals surface area contributed by atoms with Crippen LogP contribution < -0.4 is 5.32 Å². The zero-order valence-electron chi connectivity index (χ0n) is 12.5. The second-order valence-electron chi connectivity index (χ2n) is 5.21. The Bertz CT molecular complexity index is 929. The summed E-state index contributed by atoms with van der Waals surface area (Å²) in [7, 11) is 0. The number of nitrogens with one attached hydrogen (secondary N) is 1. The number of hydrogen-bond acceptors (Lipinski definition) is 6. The summed E-state index contributed by atoms with van der Waals surface area (Å²) in [6.45, 7) is 2.61. The number of thiophene rings is 1. The molecule has 0 bridgehead atoms. The molecule has 0 aliphatic heterocycles. The van der Waals surface area contributed by atoms with Crippen molar-refractivity contribution in [1.82, 2.24) is 15.0 Å². The molecule has 0 aromatic carbocycles. The summed E-state index contributed by atoms with van der Waals surface area (Å²) in [4.78, 5) is 14.2. The van der Waals surface area contributed by atoms with E-state index < -0.39 is 0 Å². The van der Waals surface area contributed by atoms with Gasteiger partial charge in [0.15, 0.2) is 0 Å². The van der Waals surface area contributed by atoms with Gasteiger partial charge in [0.25, 0.3) is 0 Å². The Morgan fingerprint density at radius 2 is 2.13 bits per heavy atom. The van der Waals surface area contributed by atoms with Crippen molar-refractivity contribution in [1.29, 1.82) is 0 Å². The minimum absolute atomic E-state index is 0.579. The SMILES string of the molecule is Cc1ccc(-c2csc3ncnc(NCc4ccco4)c23)nc1. The van der Waals surface area contributed by atoms with Crippen LogP contribution in [-0.2, 0) is 6.54 Å². The van der Waals surface area contributed by atoms with Crippen molar-refractivity contribution in [2.45, 2.75) is 13.5 Å². The van der Waals surface area contributed by atoms with Gasteiger partial charge in [-0.3, -0.25) is 4.98 Å². The summed E-state index contributed by atoms with van der Waals surface area (Å²) >= 11 is 1.60. The molecule has 4 heterocycles. The minimum atomic E-state index is 0.579. The van der Waals surface area contributed by atoms with Gasteiger partial charge in [0.05, 0.1) is 23.9 Å². The van der Waals surface area contributed by atoms with Gasteiger partial charge in [-0.15, -0.1) is 11.3 Å². The van der Waals surface area contributed by atoms with Gasteiger partial charge in [-0.1, -0.05) is 6.07 Å². The van der Waals surface area contributed by atoms with Crippen molar-refractivity contribution in [3.63, 3.8) is 0 Å². The lowest BCUT2D eigenvalue weighted by Crippen LogP contribution is -2.01. The van der Waals surface area contributed by atoms with E-state index >= 15 is 0 Å². The standard InChI is InChI=1S/C17H14N4OS/c1-11-4-5-14(18-7-11)13-9-23-17-15(13)16(20-10-21-17)19-8-12-3-2-6-22-12/h2-7,9-10H,8H2,1H3,(H,19,20,21). The molecule has 4 aromatic heterocycles. The summed E-state index contributed by atoms with van der Waals surface area (Å²) in [6, 6.07) is 7.89. The molecule has 6 heteroatoms. The molecule has 4 aromatic rings. The largest absolute Gasteiger partial charge is 0.467 e. The molecule has 0 unspecified atom stereocenters. The molecule has 0 saturated heterocycles. The number of aromatic nitrogens is 3. The number of nitrogens with zero attached hydrogens (tertiary/aromatic N) is 3. The Balaban J connectivity index is 1.75. The molecular formula is C17H14N4OS. The lowest BCUT2D eigenvalue weighted by molar-refractivity contribution is 0.518. The fourth-order valence-electron chi connectivity index (χ4n) is 2.41. The molecule has 0 saturated carbocycles. The zero-order chi connectivity index (χ0) is 15.6. The maximum atomic E-state index is 5.36. The van der Waals surface area contributed by atoms with E-state index in [2.05, 4.69) is 31.7 Å². The quantitative estimate of drug-likeness (QED) is 0.608. The third-order valence-corrected chi connectivity index (χ3v) is 4.45. The van der Waals surface area contributed by atoms with Crippen molar-refractivity contribution in [3.05, 3.63) is 59.8 Å². The molecule has 23 heavy (non-hydrogen) atoms. The Labute approximate surface area is 137 Å². The number of anilines is 1. The van der Waals surface area contributed by atoms with Gasteiger partial charge in [0, 0.05) is 17.1 Å². The molecule has 0 aliphatic rings. The number of pyridine rings is 1. The highest BCUT2D eigenvalue weighted by atomic mass is 32.1. The average molecular weight is 322 g/mol. The summed E-state index contributed by atoms with van der Waals surface area (Å²) in [6.07, 6.45) is 5.12. The van der Waals surface area contributed by atoms with E-state index in [9.17, 15) is 0 Å². The molecule has 0 aliphatic carbocycles. The highest BCUT2D eigenvalue weighted by Crippen LogP contribution is 2.35. The molecule has 0 amide bonds. The molecule has 4 rings (SSSR count). The van der Waals surface area contributed by atoms with Crippen LogP contribution in [0.2, 0.25) is 0 Å². The first-order valence-electron chi connectivity index (χ1n) is 7.23. The number of furan rings is 1. The van der Waals surface area contributed by atoms with Crippen LogP contribution >= 0.6 is 11.3 Å². The van der Waals surface area contributed by atoms with E-state index in [1.165, 1.54) is 0 Å². The number of aryl methyl sites for hydroxylation is 1. The molecule has 114 valence electrons.